The van der Waals surface area contributed by atoms with Gasteiger partial charge in [0.05, 0.1) is 5.33 Å². The highest BCUT2D eigenvalue weighted by Gasteiger charge is 2.02. The van der Waals surface area contributed by atoms with E-state index >= 15 is 0 Å². The molecule has 0 fully saturated rings. The Hall–Kier alpha value is -0.480. The maximum Gasteiger partial charge on any atom is 0.191 e. The molecule has 0 atom stereocenters. The molecule has 0 N–H and O–H groups in total. The molecule has 5 heteroatoms. The third-order valence-corrected chi connectivity index (χ3v) is 1.50. The highest BCUT2D eigenvalue weighted by molar-refractivity contribution is 9.09. The number of nitrogens with zero attached hydrogens (tertiary/aromatic N) is 2. The van der Waals surface area contributed by atoms with Gasteiger partial charge in [0, 0.05) is 6.20 Å². The van der Waals surface area contributed by atoms with E-state index in [9.17, 15) is 4.79 Å². The number of aromatic nitrogens is 2. The molecule has 0 saturated carbocycles. The van der Waals surface area contributed by atoms with E-state index in [1.54, 1.807) is 12.3 Å². The van der Waals surface area contributed by atoms with Gasteiger partial charge in [-0.25, -0.2) is 9.97 Å². The van der Waals surface area contributed by atoms with Gasteiger partial charge in [-0.1, -0.05) is 15.9 Å². The first-order valence-electron chi connectivity index (χ1n) is 2.70. The zero-order valence-electron chi connectivity index (χ0n) is 5.53. The van der Waals surface area contributed by atoms with Crippen molar-refractivity contribution < 1.29 is 4.79 Å². The second-order valence-electron chi connectivity index (χ2n) is 1.65. The Morgan fingerprint density at radius 3 is 2.82 bits per heavy atom. The molecule has 0 unspecified atom stereocenters. The van der Waals surface area contributed by atoms with Crippen LogP contribution in [0.2, 0.25) is 0 Å². The number of halogens is 2. The lowest BCUT2D eigenvalue weighted by Gasteiger charge is -1.91. The summed E-state index contributed by atoms with van der Waals surface area (Å²) in [5.41, 5.74) is 0.451. The lowest BCUT2D eigenvalue weighted by atomic mass is 10.3. The normalized spacial score (nSPS) is 8.45. The van der Waals surface area contributed by atoms with Gasteiger partial charge in [-0.15, -0.1) is 12.4 Å². The third kappa shape index (κ3) is 2.95. The molecule has 1 rings (SSSR count). The summed E-state index contributed by atoms with van der Waals surface area (Å²) >= 11 is 3.04. The average molecular weight is 237 g/mol. The van der Waals surface area contributed by atoms with Crippen LogP contribution in [-0.2, 0) is 0 Å². The zero-order valence-corrected chi connectivity index (χ0v) is 7.93. The van der Waals surface area contributed by atoms with Crippen molar-refractivity contribution in [2.75, 3.05) is 5.33 Å². The molecule has 1 aromatic rings. The first-order chi connectivity index (χ1) is 4.84. The molecule has 0 radical (unpaired) electrons. The Balaban J connectivity index is 0.000001000. The van der Waals surface area contributed by atoms with Gasteiger partial charge < -0.3 is 0 Å². The molecule has 0 aliphatic carbocycles. The Morgan fingerprint density at radius 2 is 2.36 bits per heavy atom. The summed E-state index contributed by atoms with van der Waals surface area (Å²) in [4.78, 5) is 18.3. The SMILES string of the molecule is Cl.O=C(CBr)c1ccncn1. The van der Waals surface area contributed by atoms with Gasteiger partial charge in [0.2, 0.25) is 0 Å². The molecule has 0 aliphatic rings. The van der Waals surface area contributed by atoms with Crippen LogP contribution in [0, 0.1) is 0 Å². The lowest BCUT2D eigenvalue weighted by molar-refractivity contribution is 0.101. The van der Waals surface area contributed by atoms with E-state index in [1.165, 1.54) is 6.33 Å². The van der Waals surface area contributed by atoms with E-state index in [-0.39, 0.29) is 18.2 Å². The van der Waals surface area contributed by atoms with Crippen LogP contribution >= 0.6 is 28.3 Å². The van der Waals surface area contributed by atoms with Gasteiger partial charge >= 0.3 is 0 Å². The highest BCUT2D eigenvalue weighted by Crippen LogP contribution is 1.95. The quantitative estimate of drug-likeness (QED) is 0.578. The monoisotopic (exact) mass is 236 g/mol. The van der Waals surface area contributed by atoms with Gasteiger partial charge in [0.25, 0.3) is 0 Å². The summed E-state index contributed by atoms with van der Waals surface area (Å²) in [7, 11) is 0. The second kappa shape index (κ2) is 5.21. The molecule has 11 heavy (non-hydrogen) atoms. The van der Waals surface area contributed by atoms with Gasteiger partial charge in [-0.2, -0.15) is 0 Å². The van der Waals surface area contributed by atoms with Crippen molar-refractivity contribution in [1.82, 2.24) is 9.97 Å². The van der Waals surface area contributed by atoms with Gasteiger partial charge in [0.15, 0.2) is 5.78 Å². The zero-order chi connectivity index (χ0) is 7.40. The first-order valence-corrected chi connectivity index (χ1v) is 3.82. The number of rotatable bonds is 2. The molecule has 1 heterocycles. The summed E-state index contributed by atoms with van der Waals surface area (Å²) < 4.78 is 0. The summed E-state index contributed by atoms with van der Waals surface area (Å²) in [6, 6.07) is 1.59. The molecule has 0 bridgehead atoms. The van der Waals surface area contributed by atoms with E-state index in [0.717, 1.165) is 0 Å². The average Bonchev–Trinajstić information content (AvgIpc) is 2.05. The summed E-state index contributed by atoms with van der Waals surface area (Å²) in [6.45, 7) is 0. The first kappa shape index (κ1) is 10.5. The Kier molecular flexibility index (Phi) is 4.98. The fraction of sp³-hybridized carbons (Fsp3) is 0.167. The van der Waals surface area contributed by atoms with Crippen LogP contribution in [0.5, 0.6) is 0 Å². The molecule has 3 nitrogen and oxygen atoms in total. The molecule has 1 aromatic heterocycles. The number of carbonyl (C=O) groups is 1. The smallest absolute Gasteiger partial charge is 0.191 e. The fourth-order valence-corrected chi connectivity index (χ4v) is 0.811. The molecule has 60 valence electrons. The minimum absolute atomic E-state index is 0. The number of ketones is 1. The third-order valence-electron chi connectivity index (χ3n) is 0.989. The van der Waals surface area contributed by atoms with Crippen molar-refractivity contribution >= 4 is 34.1 Å². The van der Waals surface area contributed by atoms with Crippen molar-refractivity contribution in [2.24, 2.45) is 0 Å². The largest absolute Gasteiger partial charge is 0.291 e. The molecule has 0 amide bonds. The Morgan fingerprint density at radius 1 is 1.64 bits per heavy atom. The molecular formula is C6H6BrClN2O. The predicted molar refractivity (Wildman–Crippen MR) is 47.4 cm³/mol. The highest BCUT2D eigenvalue weighted by atomic mass is 79.9. The molecular weight excluding hydrogens is 231 g/mol. The minimum Gasteiger partial charge on any atom is -0.291 e. The van der Waals surface area contributed by atoms with Gasteiger partial charge in [-0.05, 0) is 6.07 Å². The van der Waals surface area contributed by atoms with Crippen LogP contribution in [0.25, 0.3) is 0 Å². The molecule has 0 spiro atoms. The van der Waals surface area contributed by atoms with Crippen molar-refractivity contribution in [3.05, 3.63) is 24.3 Å². The van der Waals surface area contributed by atoms with Crippen molar-refractivity contribution in [2.45, 2.75) is 0 Å². The standard InChI is InChI=1S/C6H5BrN2O.ClH/c7-3-6(10)5-1-2-8-4-9-5;/h1-2,4H,3H2;1H. The minimum atomic E-state index is -0.0256. The second-order valence-corrected chi connectivity index (χ2v) is 2.21. The molecule has 0 aromatic carbocycles. The van der Waals surface area contributed by atoms with Gasteiger partial charge in [0.1, 0.15) is 12.0 Å². The van der Waals surface area contributed by atoms with Crippen molar-refractivity contribution in [3.8, 4) is 0 Å². The van der Waals surface area contributed by atoms with Crippen molar-refractivity contribution in [1.29, 1.82) is 0 Å². The lowest BCUT2D eigenvalue weighted by Crippen LogP contribution is -2.02. The molecule has 0 saturated heterocycles. The van der Waals surface area contributed by atoms with E-state index < -0.39 is 0 Å². The number of hydrogen-bond donors (Lipinski definition) is 0. The van der Waals surface area contributed by atoms with Crippen LogP contribution in [0.1, 0.15) is 10.5 Å². The summed E-state index contributed by atoms with van der Waals surface area (Å²) in [5, 5.41) is 0.310. The van der Waals surface area contributed by atoms with E-state index in [4.69, 9.17) is 0 Å². The number of Topliss-reactive ketones (excluding diaryl/α,β-unsaturated/α-hetero) is 1. The number of carbonyl (C=O) groups excluding carboxylic acids is 1. The van der Waals surface area contributed by atoms with Crippen molar-refractivity contribution in [3.63, 3.8) is 0 Å². The van der Waals surface area contributed by atoms with Crippen LogP contribution in [-0.4, -0.2) is 21.1 Å². The fourth-order valence-electron chi connectivity index (χ4n) is 0.524. The van der Waals surface area contributed by atoms with Crippen LogP contribution in [0.15, 0.2) is 18.6 Å². The van der Waals surface area contributed by atoms with E-state index in [1.807, 2.05) is 0 Å². The van der Waals surface area contributed by atoms with Crippen LogP contribution < -0.4 is 0 Å². The van der Waals surface area contributed by atoms with Crippen LogP contribution in [0.4, 0.5) is 0 Å². The number of hydrogen-bond acceptors (Lipinski definition) is 3. The van der Waals surface area contributed by atoms with Gasteiger partial charge in [-0.3, -0.25) is 4.79 Å². The maximum absolute atomic E-state index is 10.9. The van der Waals surface area contributed by atoms with E-state index in [0.29, 0.717) is 11.0 Å². The number of alkyl halides is 1. The Labute approximate surface area is 78.8 Å². The summed E-state index contributed by atoms with van der Waals surface area (Å²) in [5.74, 6) is -0.0256. The topological polar surface area (TPSA) is 42.9 Å². The van der Waals surface area contributed by atoms with E-state index in [2.05, 4.69) is 25.9 Å². The molecule has 0 aliphatic heterocycles. The summed E-state index contributed by atoms with van der Waals surface area (Å²) in [6.07, 6.45) is 2.90. The Bertz CT molecular complexity index is 229. The van der Waals surface area contributed by atoms with Crippen LogP contribution in [0.3, 0.4) is 0 Å². The predicted octanol–water partition coefficient (Wildman–Crippen LogP) is 1.48. The maximum atomic E-state index is 10.9.